The van der Waals surface area contributed by atoms with Crippen LogP contribution in [-0.2, 0) is 4.74 Å². The molecule has 21 heavy (non-hydrogen) atoms. The lowest BCUT2D eigenvalue weighted by Gasteiger charge is -2.34. The summed E-state index contributed by atoms with van der Waals surface area (Å²) in [6.07, 6.45) is 3.98. The van der Waals surface area contributed by atoms with E-state index in [1.807, 2.05) is 0 Å². The average molecular weight is 296 g/mol. The third kappa shape index (κ3) is 3.16. The van der Waals surface area contributed by atoms with E-state index >= 15 is 0 Å². The van der Waals surface area contributed by atoms with Gasteiger partial charge in [-0.05, 0) is 66.0 Å². The van der Waals surface area contributed by atoms with Gasteiger partial charge in [0.2, 0.25) is 0 Å². The van der Waals surface area contributed by atoms with E-state index in [0.29, 0.717) is 17.4 Å². The van der Waals surface area contributed by atoms with Gasteiger partial charge in [-0.1, -0.05) is 13.8 Å². The highest BCUT2D eigenvalue weighted by Crippen LogP contribution is 2.44. The van der Waals surface area contributed by atoms with E-state index in [2.05, 4.69) is 58.8 Å². The molecule has 0 aliphatic carbocycles. The predicted octanol–water partition coefficient (Wildman–Crippen LogP) is 3.29. The highest BCUT2D eigenvalue weighted by atomic mass is 16.5. The molecule has 0 aromatic rings. The minimum absolute atomic E-state index is 0.0547. The van der Waals surface area contributed by atoms with Gasteiger partial charge in [-0.15, -0.1) is 0 Å². The maximum atomic E-state index is 6.38. The summed E-state index contributed by atoms with van der Waals surface area (Å²) in [4.78, 5) is 2.69. The molecule has 2 atom stereocenters. The van der Waals surface area contributed by atoms with Crippen LogP contribution >= 0.6 is 0 Å². The molecule has 2 heterocycles. The minimum Gasteiger partial charge on any atom is -0.368 e. The molecule has 0 amide bonds. The van der Waals surface area contributed by atoms with Gasteiger partial charge in [0.15, 0.2) is 0 Å². The molecule has 2 rings (SSSR count). The number of likely N-dealkylation sites (N-methyl/N-ethyl adjacent to an activating group) is 1. The first-order chi connectivity index (χ1) is 9.69. The largest absolute Gasteiger partial charge is 0.368 e. The van der Waals surface area contributed by atoms with Crippen molar-refractivity contribution in [3.05, 3.63) is 0 Å². The zero-order valence-corrected chi connectivity index (χ0v) is 15.3. The number of nitrogens with zero attached hydrogens (tertiary/aromatic N) is 1. The first-order valence-electron chi connectivity index (χ1n) is 8.79. The van der Waals surface area contributed by atoms with Gasteiger partial charge in [0.25, 0.3) is 0 Å². The Morgan fingerprint density at radius 1 is 1.10 bits per heavy atom. The third-order valence-corrected chi connectivity index (χ3v) is 6.35. The Bertz CT molecular complexity index is 360. The van der Waals surface area contributed by atoms with E-state index < -0.39 is 0 Å². The molecule has 2 aliphatic heterocycles. The van der Waals surface area contributed by atoms with E-state index in [1.165, 1.54) is 32.4 Å². The summed E-state index contributed by atoms with van der Waals surface area (Å²) in [6, 6.07) is 0.422. The second-order valence-corrected chi connectivity index (χ2v) is 8.37. The molecule has 2 aliphatic rings. The lowest BCUT2D eigenvalue weighted by molar-refractivity contribution is -0.0792. The standard InChI is InChI=1S/C18H36N2O/c1-8-18(9-2)10-11-20(13-18)12-14-15(19-7)17(5,6)21-16(14,3)4/h14-15,19H,8-13H2,1-7H3. The molecular formula is C18H36N2O. The van der Waals surface area contributed by atoms with Gasteiger partial charge in [-0.3, -0.25) is 0 Å². The van der Waals surface area contributed by atoms with Crippen LogP contribution in [0.15, 0.2) is 0 Å². The van der Waals surface area contributed by atoms with Crippen LogP contribution in [-0.4, -0.2) is 48.8 Å². The van der Waals surface area contributed by atoms with Gasteiger partial charge >= 0.3 is 0 Å². The molecule has 0 aromatic heterocycles. The number of hydrogen-bond acceptors (Lipinski definition) is 3. The normalized spacial score (nSPS) is 34.4. The Morgan fingerprint density at radius 2 is 1.71 bits per heavy atom. The lowest BCUT2D eigenvalue weighted by atomic mass is 9.81. The van der Waals surface area contributed by atoms with Crippen LogP contribution in [0.25, 0.3) is 0 Å². The molecule has 2 fully saturated rings. The molecule has 124 valence electrons. The predicted molar refractivity (Wildman–Crippen MR) is 89.7 cm³/mol. The average Bonchev–Trinajstić information content (AvgIpc) is 2.87. The maximum absolute atomic E-state index is 6.38. The van der Waals surface area contributed by atoms with E-state index in [1.54, 1.807) is 0 Å². The van der Waals surface area contributed by atoms with Crippen molar-refractivity contribution in [2.75, 3.05) is 26.7 Å². The van der Waals surface area contributed by atoms with E-state index in [9.17, 15) is 0 Å². The fourth-order valence-electron chi connectivity index (χ4n) is 4.87. The SMILES string of the molecule is CCC1(CC)CCN(CC2C(NC)C(C)(C)OC2(C)C)C1. The van der Waals surface area contributed by atoms with Crippen LogP contribution in [0.2, 0.25) is 0 Å². The van der Waals surface area contributed by atoms with Crippen molar-refractivity contribution in [2.45, 2.75) is 78.0 Å². The van der Waals surface area contributed by atoms with Crippen molar-refractivity contribution >= 4 is 0 Å². The van der Waals surface area contributed by atoms with Crippen molar-refractivity contribution < 1.29 is 4.74 Å². The summed E-state index contributed by atoms with van der Waals surface area (Å²) in [7, 11) is 2.08. The summed E-state index contributed by atoms with van der Waals surface area (Å²) in [5, 5.41) is 3.53. The van der Waals surface area contributed by atoms with Gasteiger partial charge in [-0.2, -0.15) is 0 Å². The summed E-state index contributed by atoms with van der Waals surface area (Å²) in [5.74, 6) is 0.544. The van der Waals surface area contributed by atoms with Crippen molar-refractivity contribution in [2.24, 2.45) is 11.3 Å². The molecule has 3 heteroatoms. The van der Waals surface area contributed by atoms with Crippen LogP contribution in [0.4, 0.5) is 0 Å². The number of hydrogen-bond donors (Lipinski definition) is 1. The fourth-order valence-corrected chi connectivity index (χ4v) is 4.87. The molecule has 0 spiro atoms. The van der Waals surface area contributed by atoms with Gasteiger partial charge in [0.1, 0.15) is 0 Å². The zero-order valence-electron chi connectivity index (χ0n) is 15.3. The fraction of sp³-hybridized carbons (Fsp3) is 1.00. The van der Waals surface area contributed by atoms with Crippen LogP contribution in [0.1, 0.15) is 60.8 Å². The summed E-state index contributed by atoms with van der Waals surface area (Å²) < 4.78 is 6.38. The molecule has 2 saturated heterocycles. The van der Waals surface area contributed by atoms with Crippen molar-refractivity contribution in [3.8, 4) is 0 Å². The summed E-state index contributed by atoms with van der Waals surface area (Å²) in [5.41, 5.74) is 0.421. The van der Waals surface area contributed by atoms with Gasteiger partial charge in [0, 0.05) is 25.0 Å². The highest BCUT2D eigenvalue weighted by Gasteiger charge is 2.54. The van der Waals surface area contributed by atoms with Crippen molar-refractivity contribution in [3.63, 3.8) is 0 Å². The lowest BCUT2D eigenvalue weighted by Crippen LogP contribution is -2.49. The Hall–Kier alpha value is -0.120. The molecule has 3 nitrogen and oxygen atoms in total. The van der Waals surface area contributed by atoms with Gasteiger partial charge in [0.05, 0.1) is 11.2 Å². The van der Waals surface area contributed by atoms with Crippen LogP contribution in [0.3, 0.4) is 0 Å². The molecule has 2 unspecified atom stereocenters. The topological polar surface area (TPSA) is 24.5 Å². The van der Waals surface area contributed by atoms with Crippen LogP contribution < -0.4 is 5.32 Å². The summed E-state index contributed by atoms with van der Waals surface area (Å²) in [6.45, 7) is 17.4. The summed E-state index contributed by atoms with van der Waals surface area (Å²) >= 11 is 0. The van der Waals surface area contributed by atoms with Crippen LogP contribution in [0, 0.1) is 11.3 Å². The molecule has 0 aromatic carbocycles. The van der Waals surface area contributed by atoms with Gasteiger partial charge in [-0.25, -0.2) is 0 Å². The third-order valence-electron chi connectivity index (χ3n) is 6.35. The monoisotopic (exact) mass is 296 g/mol. The molecule has 0 radical (unpaired) electrons. The Kier molecular flexibility index (Phi) is 4.78. The number of rotatable bonds is 5. The van der Waals surface area contributed by atoms with E-state index in [4.69, 9.17) is 4.74 Å². The Morgan fingerprint density at radius 3 is 2.19 bits per heavy atom. The Labute approximate surface area is 131 Å². The highest BCUT2D eigenvalue weighted by molar-refractivity contribution is 5.06. The van der Waals surface area contributed by atoms with Crippen molar-refractivity contribution in [1.82, 2.24) is 10.2 Å². The second-order valence-electron chi connectivity index (χ2n) is 8.37. The first kappa shape index (κ1) is 17.2. The molecule has 0 saturated carbocycles. The van der Waals surface area contributed by atoms with E-state index in [-0.39, 0.29) is 11.2 Å². The van der Waals surface area contributed by atoms with Crippen molar-refractivity contribution in [1.29, 1.82) is 0 Å². The minimum atomic E-state index is -0.0881. The second kappa shape index (κ2) is 5.82. The number of likely N-dealkylation sites (tertiary alicyclic amines) is 1. The number of ether oxygens (including phenoxy) is 1. The quantitative estimate of drug-likeness (QED) is 0.842. The molecular weight excluding hydrogens is 260 g/mol. The van der Waals surface area contributed by atoms with Crippen LogP contribution in [0.5, 0.6) is 0 Å². The molecule has 1 N–H and O–H groups in total. The van der Waals surface area contributed by atoms with Gasteiger partial charge < -0.3 is 15.0 Å². The smallest absolute Gasteiger partial charge is 0.0790 e. The zero-order chi connectivity index (χ0) is 15.9. The molecule has 0 bridgehead atoms. The first-order valence-corrected chi connectivity index (χ1v) is 8.79. The maximum Gasteiger partial charge on any atom is 0.0790 e. The number of nitrogens with one attached hydrogen (secondary N) is 1. The van der Waals surface area contributed by atoms with E-state index in [0.717, 1.165) is 6.54 Å². The Balaban J connectivity index is 2.08.